The molecule has 1 aromatic carbocycles. The van der Waals surface area contributed by atoms with Crippen LogP contribution in [0.25, 0.3) is 0 Å². The molecule has 0 heterocycles. The largest absolute Gasteiger partial charge is 0.106 e. The molecule has 0 nitrogen and oxygen atoms in total. The number of hydrogen-bond donors (Lipinski definition) is 0. The number of rotatable bonds is 1. The fourth-order valence-electron chi connectivity index (χ4n) is 0.607. The maximum absolute atomic E-state index is 3.38. The van der Waals surface area contributed by atoms with Gasteiger partial charge >= 0.3 is 0 Å². The smallest absolute Gasteiger partial charge is 0.0283 e. The molecule has 0 N–H and O–H groups in total. The van der Waals surface area contributed by atoms with Gasteiger partial charge in [0, 0.05) is 5.33 Å². The molecule has 0 aliphatic rings. The van der Waals surface area contributed by atoms with Crippen molar-refractivity contribution in [1.82, 2.24) is 0 Å². The van der Waals surface area contributed by atoms with E-state index in [1.807, 2.05) is 0 Å². The molecular formula is C7H8BrP. The van der Waals surface area contributed by atoms with Crippen molar-refractivity contribution in [2.24, 2.45) is 0 Å². The third-order valence-electron chi connectivity index (χ3n) is 1.13. The van der Waals surface area contributed by atoms with E-state index in [9.17, 15) is 0 Å². The SMILES string of the molecule is Pc1ccc(CBr)cc1. The van der Waals surface area contributed by atoms with Gasteiger partial charge in [0.1, 0.15) is 0 Å². The van der Waals surface area contributed by atoms with Crippen molar-refractivity contribution in [1.29, 1.82) is 0 Å². The molecule has 0 aromatic heterocycles. The third kappa shape index (κ3) is 2.08. The first-order valence-electron chi connectivity index (χ1n) is 2.73. The van der Waals surface area contributed by atoms with Crippen LogP contribution in [-0.2, 0) is 5.33 Å². The number of benzene rings is 1. The summed E-state index contributed by atoms with van der Waals surface area (Å²) in [5, 5.41) is 2.18. The summed E-state index contributed by atoms with van der Waals surface area (Å²) in [6, 6.07) is 8.39. The minimum atomic E-state index is 0.942. The first-order valence-corrected chi connectivity index (χ1v) is 4.43. The summed E-state index contributed by atoms with van der Waals surface area (Å²) in [5.41, 5.74) is 1.32. The summed E-state index contributed by atoms with van der Waals surface area (Å²) in [4.78, 5) is 0. The van der Waals surface area contributed by atoms with Crippen molar-refractivity contribution in [3.05, 3.63) is 29.8 Å². The van der Waals surface area contributed by atoms with Crippen LogP contribution >= 0.6 is 25.2 Å². The van der Waals surface area contributed by atoms with Gasteiger partial charge in [0.2, 0.25) is 0 Å². The number of alkyl halides is 1. The summed E-state index contributed by atoms with van der Waals surface area (Å²) in [6.45, 7) is 0. The molecule has 0 fully saturated rings. The van der Waals surface area contributed by atoms with E-state index in [1.54, 1.807) is 0 Å². The van der Waals surface area contributed by atoms with Gasteiger partial charge in [-0.1, -0.05) is 40.2 Å². The Hall–Kier alpha value is 0.130. The maximum Gasteiger partial charge on any atom is 0.0283 e. The van der Waals surface area contributed by atoms with E-state index in [0.29, 0.717) is 0 Å². The van der Waals surface area contributed by atoms with Crippen LogP contribution in [0.2, 0.25) is 0 Å². The highest BCUT2D eigenvalue weighted by Gasteiger charge is 1.85. The average Bonchev–Trinajstić information content (AvgIpc) is 1.90. The van der Waals surface area contributed by atoms with Gasteiger partial charge in [0.15, 0.2) is 0 Å². The van der Waals surface area contributed by atoms with Gasteiger partial charge in [0.05, 0.1) is 0 Å². The molecule has 1 unspecified atom stereocenters. The summed E-state index contributed by atoms with van der Waals surface area (Å²) < 4.78 is 0. The van der Waals surface area contributed by atoms with Crippen molar-refractivity contribution < 1.29 is 0 Å². The van der Waals surface area contributed by atoms with Crippen LogP contribution in [0, 0.1) is 0 Å². The molecule has 0 spiro atoms. The van der Waals surface area contributed by atoms with Crippen molar-refractivity contribution in [3.63, 3.8) is 0 Å². The Morgan fingerprint density at radius 3 is 2.22 bits per heavy atom. The number of hydrogen-bond acceptors (Lipinski definition) is 0. The minimum absolute atomic E-state index is 0.942. The minimum Gasteiger partial charge on any atom is -0.106 e. The second-order valence-corrected chi connectivity index (χ2v) is 3.10. The second-order valence-electron chi connectivity index (χ2n) is 1.88. The van der Waals surface area contributed by atoms with Gasteiger partial charge in [-0.05, 0) is 10.9 Å². The van der Waals surface area contributed by atoms with E-state index in [4.69, 9.17) is 0 Å². The van der Waals surface area contributed by atoms with E-state index in [2.05, 4.69) is 49.4 Å². The van der Waals surface area contributed by atoms with Gasteiger partial charge in [-0.25, -0.2) is 0 Å². The Labute approximate surface area is 66.0 Å². The molecule has 0 saturated carbocycles. The van der Waals surface area contributed by atoms with Crippen LogP contribution in [0.1, 0.15) is 5.56 Å². The fourth-order valence-corrected chi connectivity index (χ4v) is 1.17. The first-order chi connectivity index (χ1) is 4.33. The molecule has 1 rings (SSSR count). The molecule has 0 amide bonds. The van der Waals surface area contributed by atoms with E-state index < -0.39 is 0 Å². The van der Waals surface area contributed by atoms with Crippen LogP contribution in [0.4, 0.5) is 0 Å². The quantitative estimate of drug-likeness (QED) is 0.484. The molecule has 9 heavy (non-hydrogen) atoms. The zero-order valence-corrected chi connectivity index (χ0v) is 7.71. The van der Waals surface area contributed by atoms with Gasteiger partial charge < -0.3 is 0 Å². The van der Waals surface area contributed by atoms with Crippen LogP contribution in [0.3, 0.4) is 0 Å². The zero-order chi connectivity index (χ0) is 6.69. The predicted molar refractivity (Wildman–Crippen MR) is 48.4 cm³/mol. The highest BCUT2D eigenvalue weighted by atomic mass is 79.9. The molecule has 0 aliphatic carbocycles. The lowest BCUT2D eigenvalue weighted by atomic mass is 10.2. The predicted octanol–water partition coefficient (Wildman–Crippen LogP) is 2.08. The summed E-state index contributed by atoms with van der Waals surface area (Å²) in [6.07, 6.45) is 0. The van der Waals surface area contributed by atoms with E-state index in [-0.39, 0.29) is 0 Å². The van der Waals surface area contributed by atoms with E-state index >= 15 is 0 Å². The standard InChI is InChI=1S/C7H8BrP/c8-5-6-1-3-7(9)4-2-6/h1-4H,5,9H2. The lowest BCUT2D eigenvalue weighted by Crippen LogP contribution is -1.87. The third-order valence-corrected chi connectivity index (χ3v) is 2.17. The Bertz CT molecular complexity index is 181. The first kappa shape index (κ1) is 7.24. The van der Waals surface area contributed by atoms with Gasteiger partial charge in [-0.3, -0.25) is 0 Å². The van der Waals surface area contributed by atoms with Crippen molar-refractivity contribution in [2.75, 3.05) is 0 Å². The van der Waals surface area contributed by atoms with Crippen molar-refractivity contribution in [2.45, 2.75) is 5.33 Å². The molecular weight excluding hydrogens is 195 g/mol. The number of halogens is 1. The zero-order valence-electron chi connectivity index (χ0n) is 4.97. The maximum atomic E-state index is 3.38. The lowest BCUT2D eigenvalue weighted by Gasteiger charge is -1.93. The van der Waals surface area contributed by atoms with E-state index in [1.165, 1.54) is 10.9 Å². The van der Waals surface area contributed by atoms with Crippen LogP contribution < -0.4 is 5.30 Å². The molecule has 0 aliphatic heterocycles. The summed E-state index contributed by atoms with van der Waals surface area (Å²) in [5.74, 6) is 0. The monoisotopic (exact) mass is 202 g/mol. The Kier molecular flexibility index (Phi) is 2.68. The fraction of sp³-hybridized carbons (Fsp3) is 0.143. The molecule has 1 aromatic rings. The lowest BCUT2D eigenvalue weighted by molar-refractivity contribution is 1.45. The molecule has 0 radical (unpaired) electrons. The average molecular weight is 203 g/mol. The van der Waals surface area contributed by atoms with Crippen LogP contribution in [0.5, 0.6) is 0 Å². The highest BCUT2D eigenvalue weighted by Crippen LogP contribution is 2.03. The second kappa shape index (κ2) is 3.34. The van der Waals surface area contributed by atoms with E-state index in [0.717, 1.165) is 5.33 Å². The van der Waals surface area contributed by atoms with Crippen molar-refractivity contribution in [3.8, 4) is 0 Å². The van der Waals surface area contributed by atoms with Crippen molar-refractivity contribution >= 4 is 30.5 Å². The highest BCUT2D eigenvalue weighted by molar-refractivity contribution is 9.08. The van der Waals surface area contributed by atoms with Gasteiger partial charge in [0.25, 0.3) is 0 Å². The van der Waals surface area contributed by atoms with Crippen LogP contribution in [0.15, 0.2) is 24.3 Å². The van der Waals surface area contributed by atoms with Gasteiger partial charge in [-0.15, -0.1) is 9.24 Å². The molecule has 48 valence electrons. The molecule has 0 bridgehead atoms. The Balaban J connectivity index is 2.88. The molecule has 1 atom stereocenters. The topological polar surface area (TPSA) is 0 Å². The van der Waals surface area contributed by atoms with Crippen LogP contribution in [-0.4, -0.2) is 0 Å². The Morgan fingerprint density at radius 2 is 1.78 bits per heavy atom. The normalized spacial score (nSPS) is 9.56. The Morgan fingerprint density at radius 1 is 1.22 bits per heavy atom. The molecule has 2 heteroatoms. The van der Waals surface area contributed by atoms with Gasteiger partial charge in [-0.2, -0.15) is 0 Å². The summed E-state index contributed by atoms with van der Waals surface area (Å²) in [7, 11) is 2.66. The molecule has 0 saturated heterocycles. The summed E-state index contributed by atoms with van der Waals surface area (Å²) >= 11 is 3.38.